The molecule has 1 aromatic rings. The van der Waals surface area contributed by atoms with Crippen molar-refractivity contribution < 1.29 is 19.1 Å². The number of hydrogen-bond acceptors (Lipinski definition) is 5. The first-order valence-corrected chi connectivity index (χ1v) is 9.00. The third-order valence-electron chi connectivity index (χ3n) is 5.11. The average Bonchev–Trinajstić information content (AvgIpc) is 3.12. The van der Waals surface area contributed by atoms with Crippen molar-refractivity contribution in [3.63, 3.8) is 0 Å². The van der Waals surface area contributed by atoms with Crippen molar-refractivity contribution in [1.82, 2.24) is 9.80 Å². The summed E-state index contributed by atoms with van der Waals surface area (Å²) >= 11 is 0. The maximum Gasteiger partial charge on any atom is 0.410 e. The minimum absolute atomic E-state index is 0.0250. The number of ether oxygens (including phenoxy) is 2. The van der Waals surface area contributed by atoms with E-state index in [2.05, 4.69) is 4.90 Å². The largest absolute Gasteiger partial charge is 0.467 e. The minimum atomic E-state index is -0.577. The van der Waals surface area contributed by atoms with Gasteiger partial charge in [0.15, 0.2) is 0 Å². The highest BCUT2D eigenvalue weighted by atomic mass is 16.6. The molecular weight excluding hydrogens is 320 g/mol. The molecule has 2 saturated heterocycles. The predicted octanol–water partition coefficient (Wildman–Crippen LogP) is 2.42. The monoisotopic (exact) mass is 346 g/mol. The van der Waals surface area contributed by atoms with Crippen LogP contribution in [0, 0.1) is 0 Å². The molecule has 0 N–H and O–H groups in total. The van der Waals surface area contributed by atoms with Crippen molar-refractivity contribution in [3.8, 4) is 0 Å². The second-order valence-electron chi connectivity index (χ2n) is 6.65. The Kier molecular flexibility index (Phi) is 5.91. The fourth-order valence-corrected chi connectivity index (χ4v) is 3.82. The van der Waals surface area contributed by atoms with Crippen LogP contribution in [0.3, 0.4) is 0 Å². The van der Waals surface area contributed by atoms with Gasteiger partial charge in [0.25, 0.3) is 0 Å². The summed E-state index contributed by atoms with van der Waals surface area (Å²) < 4.78 is 10.4. The molecule has 0 aliphatic carbocycles. The summed E-state index contributed by atoms with van der Waals surface area (Å²) in [7, 11) is 1.38. The summed E-state index contributed by atoms with van der Waals surface area (Å²) in [6, 6.07) is 8.99. The summed E-state index contributed by atoms with van der Waals surface area (Å²) in [6.07, 6.45) is 3.85. The summed E-state index contributed by atoms with van der Waals surface area (Å²) in [6.45, 7) is 2.68. The van der Waals surface area contributed by atoms with Crippen LogP contribution in [0.2, 0.25) is 0 Å². The number of carbonyl (C=O) groups excluding carboxylic acids is 2. The molecule has 2 atom stereocenters. The molecule has 3 rings (SSSR count). The van der Waals surface area contributed by atoms with Crippen LogP contribution < -0.4 is 0 Å². The van der Waals surface area contributed by atoms with Crippen LogP contribution >= 0.6 is 0 Å². The number of methoxy groups -OCH3 is 1. The quantitative estimate of drug-likeness (QED) is 0.784. The van der Waals surface area contributed by atoms with E-state index in [4.69, 9.17) is 9.47 Å². The van der Waals surface area contributed by atoms with Crippen LogP contribution in [0.5, 0.6) is 0 Å². The van der Waals surface area contributed by atoms with E-state index in [9.17, 15) is 9.59 Å². The Balaban J connectivity index is 1.66. The summed E-state index contributed by atoms with van der Waals surface area (Å²) in [5, 5.41) is 0. The normalized spacial score (nSPS) is 24.1. The Morgan fingerprint density at radius 3 is 2.48 bits per heavy atom. The number of nitrogens with zero attached hydrogens (tertiary/aromatic N) is 2. The molecule has 1 amide bonds. The minimum Gasteiger partial charge on any atom is -0.467 e. The maximum atomic E-state index is 12.6. The molecule has 2 aliphatic rings. The van der Waals surface area contributed by atoms with Gasteiger partial charge in [0, 0.05) is 12.6 Å². The van der Waals surface area contributed by atoms with E-state index in [0.717, 1.165) is 37.9 Å². The lowest BCUT2D eigenvalue weighted by atomic mass is 10.0. The van der Waals surface area contributed by atoms with Gasteiger partial charge in [0.2, 0.25) is 0 Å². The van der Waals surface area contributed by atoms with Gasteiger partial charge in [0.1, 0.15) is 12.6 Å². The Morgan fingerprint density at radius 1 is 1.08 bits per heavy atom. The van der Waals surface area contributed by atoms with Crippen molar-refractivity contribution in [2.45, 2.75) is 44.4 Å². The van der Waals surface area contributed by atoms with Gasteiger partial charge in [-0.05, 0) is 37.9 Å². The molecule has 0 saturated carbocycles. The predicted molar refractivity (Wildman–Crippen MR) is 93.0 cm³/mol. The number of amides is 1. The summed E-state index contributed by atoms with van der Waals surface area (Å²) in [5.41, 5.74) is 0.928. The topological polar surface area (TPSA) is 59.1 Å². The fraction of sp³-hybridized carbons (Fsp3) is 0.579. The zero-order valence-electron chi connectivity index (χ0n) is 14.7. The molecule has 0 unspecified atom stereocenters. The highest BCUT2D eigenvalue weighted by molar-refractivity contribution is 5.83. The van der Waals surface area contributed by atoms with Gasteiger partial charge in [-0.3, -0.25) is 9.80 Å². The maximum absolute atomic E-state index is 12.6. The number of likely N-dealkylation sites (tertiary alicyclic amines) is 2. The van der Waals surface area contributed by atoms with E-state index in [1.807, 2.05) is 30.3 Å². The van der Waals surface area contributed by atoms with Gasteiger partial charge >= 0.3 is 12.1 Å². The molecule has 2 fully saturated rings. The molecule has 0 spiro atoms. The van der Waals surface area contributed by atoms with Crippen molar-refractivity contribution in [2.75, 3.05) is 26.7 Å². The number of hydrogen-bond donors (Lipinski definition) is 0. The Hall–Kier alpha value is -2.08. The number of benzene rings is 1. The van der Waals surface area contributed by atoms with Crippen molar-refractivity contribution in [1.29, 1.82) is 0 Å². The Labute approximate surface area is 148 Å². The van der Waals surface area contributed by atoms with Gasteiger partial charge in [-0.25, -0.2) is 9.59 Å². The molecular formula is C19H26N2O4. The molecule has 2 aliphatic heterocycles. The van der Waals surface area contributed by atoms with Crippen molar-refractivity contribution in [2.24, 2.45) is 0 Å². The van der Waals surface area contributed by atoms with E-state index < -0.39 is 12.1 Å². The molecule has 2 heterocycles. The number of piperidine rings is 1. The van der Waals surface area contributed by atoms with E-state index in [0.29, 0.717) is 6.54 Å². The first-order chi connectivity index (χ1) is 12.2. The zero-order valence-corrected chi connectivity index (χ0v) is 14.7. The Bertz CT molecular complexity index is 586. The lowest BCUT2D eigenvalue weighted by Gasteiger charge is -2.35. The van der Waals surface area contributed by atoms with Crippen LogP contribution in [0.1, 0.15) is 31.2 Å². The molecule has 0 radical (unpaired) electrons. The van der Waals surface area contributed by atoms with Crippen LogP contribution in [-0.2, 0) is 20.9 Å². The standard InChI is InChI=1S/C19H26N2O4/c1-24-18(22)17-16(20-11-6-3-7-12-20)10-13-21(17)19(23)25-14-15-8-4-2-5-9-15/h2,4-5,8-9,16-17H,3,6-7,10-14H2,1H3/t16-,17+/m1/s1. The lowest BCUT2D eigenvalue weighted by Crippen LogP contribution is -2.52. The van der Waals surface area contributed by atoms with Crippen molar-refractivity contribution >= 4 is 12.1 Å². The lowest BCUT2D eigenvalue weighted by molar-refractivity contribution is -0.147. The summed E-state index contributed by atoms with van der Waals surface area (Å²) in [4.78, 5) is 28.8. The van der Waals surface area contributed by atoms with Crippen LogP contribution in [0.4, 0.5) is 4.79 Å². The van der Waals surface area contributed by atoms with Crippen LogP contribution in [0.15, 0.2) is 30.3 Å². The third kappa shape index (κ3) is 4.12. The molecule has 6 heteroatoms. The van der Waals surface area contributed by atoms with Gasteiger partial charge in [-0.2, -0.15) is 0 Å². The number of carbonyl (C=O) groups is 2. The first kappa shape index (κ1) is 17.7. The Morgan fingerprint density at radius 2 is 1.80 bits per heavy atom. The molecule has 6 nitrogen and oxygen atoms in total. The van der Waals surface area contributed by atoms with Crippen LogP contribution in [-0.4, -0.2) is 60.7 Å². The van der Waals surface area contributed by atoms with Gasteiger partial charge < -0.3 is 9.47 Å². The van der Waals surface area contributed by atoms with E-state index in [1.54, 1.807) is 0 Å². The SMILES string of the molecule is COC(=O)[C@@H]1[C@H](N2CCCCC2)CCN1C(=O)OCc1ccccc1. The smallest absolute Gasteiger partial charge is 0.410 e. The van der Waals surface area contributed by atoms with E-state index in [1.165, 1.54) is 18.4 Å². The average molecular weight is 346 g/mol. The van der Waals surface area contributed by atoms with Crippen LogP contribution in [0.25, 0.3) is 0 Å². The van der Waals surface area contributed by atoms with Gasteiger partial charge in [-0.15, -0.1) is 0 Å². The molecule has 136 valence electrons. The van der Waals surface area contributed by atoms with E-state index in [-0.39, 0.29) is 18.6 Å². The fourth-order valence-electron chi connectivity index (χ4n) is 3.82. The second kappa shape index (κ2) is 8.34. The second-order valence-corrected chi connectivity index (χ2v) is 6.65. The highest BCUT2D eigenvalue weighted by Crippen LogP contribution is 2.27. The molecule has 0 aromatic heterocycles. The molecule has 1 aromatic carbocycles. The van der Waals surface area contributed by atoms with Gasteiger partial charge in [-0.1, -0.05) is 36.8 Å². The number of esters is 1. The molecule has 25 heavy (non-hydrogen) atoms. The summed E-state index contributed by atoms with van der Waals surface area (Å²) in [5.74, 6) is -0.357. The highest BCUT2D eigenvalue weighted by Gasteiger charge is 2.46. The number of rotatable bonds is 4. The third-order valence-corrected chi connectivity index (χ3v) is 5.11. The van der Waals surface area contributed by atoms with E-state index >= 15 is 0 Å². The van der Waals surface area contributed by atoms with Gasteiger partial charge in [0.05, 0.1) is 7.11 Å². The first-order valence-electron chi connectivity index (χ1n) is 9.00. The van der Waals surface area contributed by atoms with Crippen molar-refractivity contribution in [3.05, 3.63) is 35.9 Å². The zero-order chi connectivity index (χ0) is 17.6. The molecule has 0 bridgehead atoms.